The first-order valence-electron chi connectivity index (χ1n) is 8.74. The van der Waals surface area contributed by atoms with Crippen LogP contribution < -0.4 is 10.6 Å². The number of nitrogens with one attached hydrogen (secondary N) is 3. The highest BCUT2D eigenvalue weighted by Crippen LogP contribution is 2.29. The lowest BCUT2D eigenvalue weighted by atomic mass is 9.98. The molecule has 3 N–H and O–H groups in total. The van der Waals surface area contributed by atoms with E-state index in [0.29, 0.717) is 12.4 Å². The Morgan fingerprint density at radius 1 is 1.11 bits per heavy atom. The zero-order valence-electron chi connectivity index (χ0n) is 14.7. The molecule has 0 bridgehead atoms. The van der Waals surface area contributed by atoms with Gasteiger partial charge in [-0.2, -0.15) is 5.21 Å². The molecule has 1 aliphatic rings. The Labute approximate surface area is 167 Å². The molecule has 2 heterocycles. The third-order valence-electron chi connectivity index (χ3n) is 4.62. The highest BCUT2D eigenvalue weighted by Gasteiger charge is 2.21. The van der Waals surface area contributed by atoms with Gasteiger partial charge in [0, 0.05) is 12.1 Å². The van der Waals surface area contributed by atoms with E-state index in [0.717, 1.165) is 41.6 Å². The molecule has 3 aromatic rings. The van der Waals surface area contributed by atoms with Crippen molar-refractivity contribution < 1.29 is 4.79 Å². The third-order valence-corrected chi connectivity index (χ3v) is 4.62. The first-order chi connectivity index (χ1) is 12.8. The van der Waals surface area contributed by atoms with Crippen LogP contribution in [0, 0.1) is 0 Å². The summed E-state index contributed by atoms with van der Waals surface area (Å²) in [5, 5.41) is 20.5. The minimum Gasteiger partial charge on any atom is -0.351 e. The predicted octanol–water partition coefficient (Wildman–Crippen LogP) is 2.48. The van der Waals surface area contributed by atoms with E-state index in [-0.39, 0.29) is 28.9 Å². The molecule has 0 spiro atoms. The molecule has 1 atom stereocenters. The molecule has 0 aliphatic carbocycles. The number of aromatic nitrogens is 4. The van der Waals surface area contributed by atoms with Crippen LogP contribution in [-0.2, 0) is 11.3 Å². The van der Waals surface area contributed by atoms with E-state index in [4.69, 9.17) is 0 Å². The number of hydrogen-bond acceptors (Lipinski definition) is 5. The number of benzene rings is 2. The fourth-order valence-electron chi connectivity index (χ4n) is 3.23. The third kappa shape index (κ3) is 4.40. The fourth-order valence-corrected chi connectivity index (χ4v) is 3.23. The second-order valence-corrected chi connectivity index (χ2v) is 6.34. The summed E-state index contributed by atoms with van der Waals surface area (Å²) < 4.78 is 0. The standard InChI is InChI=1S/C19H20N6O.BrH/c26-19(17-6-3-11-20-17)21-12-13-7-9-14(10-8-13)15-4-1-2-5-16(15)18-22-24-25-23-18;/h1-2,4-5,7-10,17,20H,3,6,11-12H2,(H,21,26)(H,22,23,24,25);1H. The van der Waals surface area contributed by atoms with Crippen LogP contribution in [0.15, 0.2) is 48.5 Å². The van der Waals surface area contributed by atoms with E-state index in [1.54, 1.807) is 0 Å². The van der Waals surface area contributed by atoms with Crippen LogP contribution in [0.1, 0.15) is 18.4 Å². The Morgan fingerprint density at radius 2 is 1.89 bits per heavy atom. The van der Waals surface area contributed by atoms with Crippen LogP contribution in [0.4, 0.5) is 0 Å². The van der Waals surface area contributed by atoms with Crippen molar-refractivity contribution >= 4 is 22.9 Å². The SMILES string of the molecule is Br.O=C(NCc1ccc(-c2ccccc2-c2nn[nH]n2)cc1)C1CCCN1. The second kappa shape index (κ2) is 8.88. The second-order valence-electron chi connectivity index (χ2n) is 6.34. The van der Waals surface area contributed by atoms with Gasteiger partial charge in [-0.05, 0) is 41.3 Å². The molecular formula is C19H21BrN6O. The Kier molecular flexibility index (Phi) is 6.31. The van der Waals surface area contributed by atoms with Crippen LogP contribution in [-0.4, -0.2) is 39.1 Å². The summed E-state index contributed by atoms with van der Waals surface area (Å²) in [6.07, 6.45) is 1.98. The Balaban J connectivity index is 0.00000210. The molecule has 4 rings (SSSR count). The molecule has 27 heavy (non-hydrogen) atoms. The molecule has 0 radical (unpaired) electrons. The highest BCUT2D eigenvalue weighted by molar-refractivity contribution is 8.93. The number of aromatic amines is 1. The van der Waals surface area contributed by atoms with E-state index in [1.165, 1.54) is 0 Å². The number of nitrogens with zero attached hydrogens (tertiary/aromatic N) is 3. The van der Waals surface area contributed by atoms with Gasteiger partial charge >= 0.3 is 0 Å². The van der Waals surface area contributed by atoms with E-state index >= 15 is 0 Å². The van der Waals surface area contributed by atoms with Gasteiger partial charge in [-0.15, -0.1) is 27.2 Å². The Bertz CT molecular complexity index is 875. The van der Waals surface area contributed by atoms with Gasteiger partial charge in [-0.25, -0.2) is 0 Å². The highest BCUT2D eigenvalue weighted by atomic mass is 79.9. The smallest absolute Gasteiger partial charge is 0.237 e. The van der Waals surface area contributed by atoms with Crippen molar-refractivity contribution in [2.24, 2.45) is 0 Å². The maximum atomic E-state index is 12.1. The van der Waals surface area contributed by atoms with Crippen molar-refractivity contribution in [3.63, 3.8) is 0 Å². The predicted molar refractivity (Wildman–Crippen MR) is 108 cm³/mol. The van der Waals surface area contributed by atoms with Gasteiger partial charge in [0.05, 0.1) is 6.04 Å². The van der Waals surface area contributed by atoms with Gasteiger partial charge in [0.2, 0.25) is 11.7 Å². The maximum Gasteiger partial charge on any atom is 0.237 e. The zero-order valence-corrected chi connectivity index (χ0v) is 16.4. The molecule has 1 aromatic heterocycles. The number of amides is 1. The van der Waals surface area contributed by atoms with Gasteiger partial charge < -0.3 is 10.6 Å². The molecule has 0 saturated carbocycles. The average molecular weight is 429 g/mol. The monoisotopic (exact) mass is 428 g/mol. The van der Waals surface area contributed by atoms with Crippen molar-refractivity contribution in [2.45, 2.75) is 25.4 Å². The largest absolute Gasteiger partial charge is 0.351 e. The summed E-state index contributed by atoms with van der Waals surface area (Å²) >= 11 is 0. The van der Waals surface area contributed by atoms with Crippen molar-refractivity contribution in [1.29, 1.82) is 0 Å². The van der Waals surface area contributed by atoms with Crippen molar-refractivity contribution in [3.8, 4) is 22.5 Å². The molecule has 7 nitrogen and oxygen atoms in total. The Morgan fingerprint density at radius 3 is 2.56 bits per heavy atom. The molecule has 1 saturated heterocycles. The number of halogens is 1. The molecule has 1 unspecified atom stereocenters. The first-order valence-corrected chi connectivity index (χ1v) is 8.74. The van der Waals surface area contributed by atoms with Gasteiger partial charge in [0.1, 0.15) is 0 Å². The fraction of sp³-hybridized carbons (Fsp3) is 0.263. The van der Waals surface area contributed by atoms with Crippen LogP contribution in [0.3, 0.4) is 0 Å². The van der Waals surface area contributed by atoms with Crippen LogP contribution >= 0.6 is 17.0 Å². The lowest BCUT2D eigenvalue weighted by molar-refractivity contribution is -0.122. The molecular weight excluding hydrogens is 408 g/mol. The van der Waals surface area contributed by atoms with Crippen molar-refractivity contribution in [1.82, 2.24) is 31.3 Å². The summed E-state index contributed by atoms with van der Waals surface area (Å²) in [5.74, 6) is 0.648. The van der Waals surface area contributed by atoms with Crippen molar-refractivity contribution in [2.75, 3.05) is 6.54 Å². The van der Waals surface area contributed by atoms with E-state index in [2.05, 4.69) is 31.3 Å². The molecule has 1 aliphatic heterocycles. The Hall–Kier alpha value is -2.58. The van der Waals surface area contributed by atoms with Gasteiger partial charge in [0.15, 0.2) is 0 Å². The zero-order chi connectivity index (χ0) is 17.8. The minimum absolute atomic E-state index is 0. The lowest BCUT2D eigenvalue weighted by Crippen LogP contribution is -2.39. The van der Waals surface area contributed by atoms with E-state index in [1.807, 2.05) is 48.5 Å². The summed E-state index contributed by atoms with van der Waals surface area (Å²) in [7, 11) is 0. The molecule has 8 heteroatoms. The first kappa shape index (κ1) is 19.2. The van der Waals surface area contributed by atoms with Crippen molar-refractivity contribution in [3.05, 3.63) is 54.1 Å². The van der Waals surface area contributed by atoms with Crippen LogP contribution in [0.5, 0.6) is 0 Å². The number of tetrazole rings is 1. The number of H-pyrrole nitrogens is 1. The van der Waals surface area contributed by atoms with Gasteiger partial charge in [-0.3, -0.25) is 4.79 Å². The topological polar surface area (TPSA) is 95.6 Å². The molecule has 1 amide bonds. The lowest BCUT2D eigenvalue weighted by Gasteiger charge is -2.12. The number of rotatable bonds is 5. The molecule has 140 valence electrons. The number of carbonyl (C=O) groups excluding carboxylic acids is 1. The summed E-state index contributed by atoms with van der Waals surface area (Å²) in [6.45, 7) is 1.45. The van der Waals surface area contributed by atoms with Crippen LogP contribution in [0.25, 0.3) is 22.5 Å². The summed E-state index contributed by atoms with van der Waals surface area (Å²) in [4.78, 5) is 12.1. The van der Waals surface area contributed by atoms with Crippen LogP contribution in [0.2, 0.25) is 0 Å². The number of carbonyl (C=O) groups is 1. The minimum atomic E-state index is -0.0453. The number of hydrogen-bond donors (Lipinski definition) is 3. The van der Waals surface area contributed by atoms with E-state index < -0.39 is 0 Å². The molecule has 2 aromatic carbocycles. The van der Waals surface area contributed by atoms with Gasteiger partial charge in [-0.1, -0.05) is 48.5 Å². The quantitative estimate of drug-likeness (QED) is 0.579. The van der Waals surface area contributed by atoms with E-state index in [9.17, 15) is 4.79 Å². The van der Waals surface area contributed by atoms with Gasteiger partial charge in [0.25, 0.3) is 0 Å². The molecule has 1 fully saturated rings. The normalized spacial score (nSPS) is 15.9. The summed E-state index contributed by atoms with van der Waals surface area (Å²) in [5.41, 5.74) is 4.10. The maximum absolute atomic E-state index is 12.1. The summed E-state index contributed by atoms with van der Waals surface area (Å²) in [6, 6.07) is 16.1. The average Bonchev–Trinajstić information content (AvgIpc) is 3.40.